The molecule has 2 heteroatoms. The summed E-state index contributed by atoms with van der Waals surface area (Å²) in [4.78, 5) is 0. The lowest BCUT2D eigenvalue weighted by atomic mass is 9.98. The first-order valence-electron chi connectivity index (χ1n) is 5.55. The van der Waals surface area contributed by atoms with E-state index in [2.05, 4.69) is 35.7 Å². The zero-order valence-corrected chi connectivity index (χ0v) is 8.98. The van der Waals surface area contributed by atoms with Gasteiger partial charge in [0.2, 0.25) is 0 Å². The van der Waals surface area contributed by atoms with Crippen molar-refractivity contribution in [2.75, 3.05) is 5.73 Å². The van der Waals surface area contributed by atoms with Crippen LogP contribution in [0.2, 0.25) is 0 Å². The van der Waals surface area contributed by atoms with Crippen molar-refractivity contribution < 1.29 is 0 Å². The van der Waals surface area contributed by atoms with Gasteiger partial charge in [0.05, 0.1) is 0 Å². The maximum absolute atomic E-state index is 5.97. The molecule has 1 aromatic carbocycles. The van der Waals surface area contributed by atoms with Gasteiger partial charge >= 0.3 is 0 Å². The van der Waals surface area contributed by atoms with Crippen molar-refractivity contribution in [3.8, 4) is 0 Å². The van der Waals surface area contributed by atoms with E-state index in [1.165, 1.54) is 5.70 Å². The van der Waals surface area contributed by atoms with Crippen molar-refractivity contribution in [2.45, 2.75) is 6.42 Å². The molecule has 1 heterocycles. The lowest BCUT2D eigenvalue weighted by molar-refractivity contribution is 0.756. The third kappa shape index (κ3) is 1.43. The molecule has 3 rings (SSSR count). The first-order valence-corrected chi connectivity index (χ1v) is 5.55. The lowest BCUT2D eigenvalue weighted by Crippen LogP contribution is -2.11. The number of nitrogens with one attached hydrogen (secondary N) is 1. The summed E-state index contributed by atoms with van der Waals surface area (Å²) >= 11 is 0. The number of rotatable bonds is 1. The van der Waals surface area contributed by atoms with Crippen LogP contribution < -0.4 is 11.1 Å². The van der Waals surface area contributed by atoms with Gasteiger partial charge in [-0.3, -0.25) is 0 Å². The molecule has 0 bridgehead atoms. The van der Waals surface area contributed by atoms with Gasteiger partial charge in [-0.2, -0.15) is 0 Å². The minimum atomic E-state index is 0.500. The maximum Gasteiger partial charge on any atom is 0.0442 e. The molecule has 1 atom stereocenters. The van der Waals surface area contributed by atoms with Crippen molar-refractivity contribution in [3.05, 3.63) is 59.8 Å². The number of hydrogen-bond acceptors (Lipinski definition) is 2. The summed E-state index contributed by atoms with van der Waals surface area (Å²) in [6.45, 7) is 0. The van der Waals surface area contributed by atoms with Gasteiger partial charge in [-0.15, -0.1) is 0 Å². The molecule has 2 nitrogen and oxygen atoms in total. The van der Waals surface area contributed by atoms with Crippen LogP contribution in [0.5, 0.6) is 0 Å². The van der Waals surface area contributed by atoms with Crippen molar-refractivity contribution in [3.63, 3.8) is 0 Å². The number of allylic oxidation sites excluding steroid dienone is 4. The molecule has 16 heavy (non-hydrogen) atoms. The number of nitrogens with two attached hydrogens (primary N) is 1. The summed E-state index contributed by atoms with van der Waals surface area (Å²) < 4.78 is 0. The summed E-state index contributed by atoms with van der Waals surface area (Å²) in [6, 6.07) is 7.97. The van der Waals surface area contributed by atoms with Crippen LogP contribution in [-0.4, -0.2) is 0 Å². The smallest absolute Gasteiger partial charge is 0.0442 e. The molecular weight excluding hydrogens is 196 g/mol. The highest BCUT2D eigenvalue weighted by atomic mass is 14.9. The number of anilines is 1. The minimum Gasteiger partial charge on any atom is -0.398 e. The van der Waals surface area contributed by atoms with E-state index in [0.29, 0.717) is 5.92 Å². The Morgan fingerprint density at radius 2 is 2.12 bits per heavy atom. The van der Waals surface area contributed by atoms with Crippen molar-refractivity contribution in [1.29, 1.82) is 0 Å². The van der Waals surface area contributed by atoms with Gasteiger partial charge < -0.3 is 11.1 Å². The van der Waals surface area contributed by atoms with Gasteiger partial charge in [0, 0.05) is 28.6 Å². The molecule has 80 valence electrons. The summed E-state index contributed by atoms with van der Waals surface area (Å²) in [7, 11) is 0. The van der Waals surface area contributed by atoms with Crippen LogP contribution >= 0.6 is 0 Å². The molecular formula is C14H14N2. The summed E-state index contributed by atoms with van der Waals surface area (Å²) in [5.41, 5.74) is 10.3. The van der Waals surface area contributed by atoms with Gasteiger partial charge in [-0.1, -0.05) is 36.4 Å². The number of benzene rings is 1. The SMILES string of the molecule is Nc1ccccc1C1=CC2CC=CC=C2N1. The minimum absolute atomic E-state index is 0.500. The van der Waals surface area contributed by atoms with Crippen LogP contribution in [0.15, 0.2) is 54.3 Å². The largest absolute Gasteiger partial charge is 0.398 e. The predicted molar refractivity (Wildman–Crippen MR) is 67.3 cm³/mol. The second-order valence-electron chi connectivity index (χ2n) is 4.18. The van der Waals surface area contributed by atoms with E-state index in [4.69, 9.17) is 5.73 Å². The van der Waals surface area contributed by atoms with Crippen LogP contribution in [0.25, 0.3) is 5.70 Å². The van der Waals surface area contributed by atoms with E-state index < -0.39 is 0 Å². The van der Waals surface area contributed by atoms with Gasteiger partial charge in [-0.25, -0.2) is 0 Å². The van der Waals surface area contributed by atoms with E-state index in [1.807, 2.05) is 18.2 Å². The monoisotopic (exact) mass is 210 g/mol. The summed E-state index contributed by atoms with van der Waals surface area (Å²) in [5.74, 6) is 0.500. The topological polar surface area (TPSA) is 38.0 Å². The molecule has 0 aromatic heterocycles. The Morgan fingerprint density at radius 3 is 2.94 bits per heavy atom. The maximum atomic E-state index is 5.97. The first kappa shape index (κ1) is 9.28. The van der Waals surface area contributed by atoms with Gasteiger partial charge in [0.25, 0.3) is 0 Å². The van der Waals surface area contributed by atoms with Crippen molar-refractivity contribution in [1.82, 2.24) is 5.32 Å². The summed E-state index contributed by atoms with van der Waals surface area (Å²) in [5, 5.41) is 3.44. The molecule has 0 saturated carbocycles. The molecule has 0 saturated heterocycles. The average molecular weight is 210 g/mol. The van der Waals surface area contributed by atoms with E-state index >= 15 is 0 Å². The van der Waals surface area contributed by atoms with E-state index in [9.17, 15) is 0 Å². The highest BCUT2D eigenvalue weighted by Gasteiger charge is 2.22. The second-order valence-corrected chi connectivity index (χ2v) is 4.18. The third-order valence-corrected chi connectivity index (χ3v) is 3.10. The zero-order valence-electron chi connectivity index (χ0n) is 8.98. The first-order chi connectivity index (χ1) is 7.84. The Labute approximate surface area is 95.2 Å². The van der Waals surface area contributed by atoms with Crippen LogP contribution in [-0.2, 0) is 0 Å². The Kier molecular flexibility index (Phi) is 2.07. The zero-order chi connectivity index (χ0) is 11.0. The molecule has 2 aliphatic rings. The van der Waals surface area contributed by atoms with Crippen molar-refractivity contribution >= 4 is 11.4 Å². The fourth-order valence-electron chi connectivity index (χ4n) is 2.24. The van der Waals surface area contributed by atoms with E-state index in [0.717, 1.165) is 23.4 Å². The van der Waals surface area contributed by atoms with Gasteiger partial charge in [0.1, 0.15) is 0 Å². The van der Waals surface area contributed by atoms with Crippen LogP contribution in [0.3, 0.4) is 0 Å². The molecule has 1 unspecified atom stereocenters. The number of hydrogen-bond donors (Lipinski definition) is 2. The van der Waals surface area contributed by atoms with Crippen LogP contribution in [0, 0.1) is 5.92 Å². The Morgan fingerprint density at radius 1 is 1.25 bits per heavy atom. The molecule has 0 fully saturated rings. The number of fused-ring (bicyclic) bond motifs is 1. The standard InChI is InChI=1S/C14H14N2/c15-12-7-3-2-6-11(12)14-9-10-5-1-4-8-13(10)16-14/h1-4,6-10,16H,5,15H2. The molecule has 1 aliphatic carbocycles. The highest BCUT2D eigenvalue weighted by Crippen LogP contribution is 2.33. The normalized spacial score (nSPS) is 22.1. The molecule has 1 aromatic rings. The van der Waals surface area contributed by atoms with Crippen LogP contribution in [0.1, 0.15) is 12.0 Å². The fraction of sp³-hybridized carbons (Fsp3) is 0.143. The highest BCUT2D eigenvalue weighted by molar-refractivity contribution is 5.77. The molecule has 1 aliphatic heterocycles. The summed E-state index contributed by atoms with van der Waals surface area (Å²) in [6.07, 6.45) is 9.78. The second kappa shape index (κ2) is 3.56. The van der Waals surface area contributed by atoms with E-state index in [1.54, 1.807) is 0 Å². The van der Waals surface area contributed by atoms with Crippen molar-refractivity contribution in [2.24, 2.45) is 5.92 Å². The van der Waals surface area contributed by atoms with Gasteiger partial charge in [-0.05, 0) is 18.6 Å². The average Bonchev–Trinajstić information content (AvgIpc) is 2.73. The predicted octanol–water partition coefficient (Wildman–Crippen LogP) is 2.67. The third-order valence-electron chi connectivity index (χ3n) is 3.10. The van der Waals surface area contributed by atoms with Crippen LogP contribution in [0.4, 0.5) is 5.69 Å². The molecule has 3 N–H and O–H groups in total. The molecule has 0 amide bonds. The fourth-order valence-corrected chi connectivity index (χ4v) is 2.24. The Balaban J connectivity index is 1.97. The van der Waals surface area contributed by atoms with E-state index in [-0.39, 0.29) is 0 Å². The molecule has 0 radical (unpaired) electrons. The Bertz CT molecular complexity index is 509. The van der Waals surface area contributed by atoms with Gasteiger partial charge in [0.15, 0.2) is 0 Å². The molecule has 0 spiro atoms. The quantitative estimate of drug-likeness (QED) is 0.699. The Hall–Kier alpha value is -1.96. The lowest BCUT2D eigenvalue weighted by Gasteiger charge is -2.12. The number of nitrogen functional groups attached to an aromatic ring is 1. The number of para-hydroxylation sites is 1.